The van der Waals surface area contributed by atoms with Gasteiger partial charge < -0.3 is 14.6 Å². The summed E-state index contributed by atoms with van der Waals surface area (Å²) in [6.45, 7) is -1.41. The van der Waals surface area contributed by atoms with Gasteiger partial charge >= 0.3 is 47.8 Å². The van der Waals surface area contributed by atoms with E-state index in [1.165, 1.54) is 0 Å². The molecule has 0 aromatic heterocycles. The van der Waals surface area contributed by atoms with Gasteiger partial charge in [0.2, 0.25) is 0 Å². The standard InChI is InChI=1S/C14H14F16O3/c1-2-3-4-32-5-6-33-14(29,30)12(25,26)10(21,22)8(17,18)7(15,16)9(19,20)11(23,24)13(27,28)31/h31H,2-6H2,1H3. The molecule has 0 spiro atoms. The molecule has 0 amide bonds. The monoisotopic (exact) mass is 534 g/mol. The minimum atomic E-state index is -8.57. The Balaban J connectivity index is 6.11. The van der Waals surface area contributed by atoms with Gasteiger partial charge in [0.05, 0.1) is 13.2 Å². The maximum atomic E-state index is 13.5. The Hall–Kier alpha value is -1.24. The van der Waals surface area contributed by atoms with Gasteiger partial charge in [-0.15, -0.1) is 0 Å². The smallest absolute Gasteiger partial charge is 0.379 e. The van der Waals surface area contributed by atoms with Crippen molar-refractivity contribution in [3.8, 4) is 0 Å². The lowest BCUT2D eigenvalue weighted by Gasteiger charge is -2.42. The molecule has 0 aromatic carbocycles. The van der Waals surface area contributed by atoms with E-state index in [0.717, 1.165) is 0 Å². The highest BCUT2D eigenvalue weighted by molar-refractivity contribution is 5.14. The first-order valence-electron chi connectivity index (χ1n) is 8.27. The molecule has 0 heterocycles. The van der Waals surface area contributed by atoms with Crippen LogP contribution in [0.15, 0.2) is 0 Å². The van der Waals surface area contributed by atoms with Crippen molar-refractivity contribution >= 4 is 0 Å². The average Bonchev–Trinajstić information content (AvgIpc) is 2.62. The van der Waals surface area contributed by atoms with Crippen LogP contribution < -0.4 is 0 Å². The van der Waals surface area contributed by atoms with E-state index in [0.29, 0.717) is 6.42 Å². The van der Waals surface area contributed by atoms with Crippen LogP contribution in [-0.4, -0.2) is 72.7 Å². The fourth-order valence-corrected chi connectivity index (χ4v) is 1.83. The number of rotatable bonds is 14. The predicted molar refractivity (Wildman–Crippen MR) is 73.5 cm³/mol. The third-order valence-corrected chi connectivity index (χ3v) is 3.87. The van der Waals surface area contributed by atoms with E-state index in [4.69, 9.17) is 5.11 Å². The molecule has 0 unspecified atom stereocenters. The van der Waals surface area contributed by atoms with Crippen LogP contribution in [0.5, 0.6) is 0 Å². The lowest BCUT2D eigenvalue weighted by Crippen LogP contribution is -2.74. The van der Waals surface area contributed by atoms with Gasteiger partial charge in [-0.25, -0.2) is 0 Å². The third kappa shape index (κ3) is 5.08. The minimum absolute atomic E-state index is 0.207. The van der Waals surface area contributed by atoms with E-state index >= 15 is 0 Å². The van der Waals surface area contributed by atoms with Crippen molar-refractivity contribution in [2.45, 2.75) is 67.5 Å². The molecule has 0 fully saturated rings. The fourth-order valence-electron chi connectivity index (χ4n) is 1.83. The van der Waals surface area contributed by atoms with Crippen LogP contribution in [0, 0.1) is 0 Å². The molecule has 0 aliphatic carbocycles. The van der Waals surface area contributed by atoms with Gasteiger partial charge in [0.15, 0.2) is 0 Å². The fraction of sp³-hybridized carbons (Fsp3) is 1.00. The summed E-state index contributed by atoms with van der Waals surface area (Å²) < 4.78 is 217. The molecule has 0 aliphatic heterocycles. The molecule has 200 valence electrons. The summed E-state index contributed by atoms with van der Waals surface area (Å²) in [5.41, 5.74) is 0. The van der Waals surface area contributed by atoms with Gasteiger partial charge in [0, 0.05) is 6.61 Å². The highest BCUT2D eigenvalue weighted by atomic mass is 19.4. The van der Waals surface area contributed by atoms with Crippen molar-refractivity contribution in [1.82, 2.24) is 0 Å². The highest BCUT2D eigenvalue weighted by Crippen LogP contribution is 2.63. The summed E-state index contributed by atoms with van der Waals surface area (Å²) >= 11 is 0. The minimum Gasteiger partial charge on any atom is -0.379 e. The van der Waals surface area contributed by atoms with Crippen LogP contribution in [0.3, 0.4) is 0 Å². The van der Waals surface area contributed by atoms with Crippen molar-refractivity contribution in [3.63, 3.8) is 0 Å². The molecule has 0 radical (unpaired) electrons. The van der Waals surface area contributed by atoms with Crippen LogP contribution in [-0.2, 0) is 9.47 Å². The molecule has 19 heteroatoms. The van der Waals surface area contributed by atoms with E-state index < -0.39 is 61.0 Å². The molecular weight excluding hydrogens is 520 g/mol. The summed E-state index contributed by atoms with van der Waals surface area (Å²) in [4.78, 5) is 0. The van der Waals surface area contributed by atoms with Crippen molar-refractivity contribution in [2.24, 2.45) is 0 Å². The Kier molecular flexibility index (Phi) is 9.07. The van der Waals surface area contributed by atoms with Crippen molar-refractivity contribution in [1.29, 1.82) is 0 Å². The first-order valence-corrected chi connectivity index (χ1v) is 8.27. The lowest BCUT2D eigenvalue weighted by molar-refractivity contribution is -0.482. The maximum Gasteiger partial charge on any atom is 0.426 e. The van der Waals surface area contributed by atoms with Crippen LogP contribution in [0.2, 0.25) is 0 Å². The number of halogens is 16. The van der Waals surface area contributed by atoms with Gasteiger partial charge in [-0.3, -0.25) is 0 Å². The summed E-state index contributed by atoms with van der Waals surface area (Å²) in [7, 11) is 0. The second-order valence-corrected chi connectivity index (χ2v) is 6.32. The zero-order chi connectivity index (χ0) is 26.9. The largest absolute Gasteiger partial charge is 0.426 e. The van der Waals surface area contributed by atoms with Gasteiger partial charge in [0.25, 0.3) is 0 Å². The highest BCUT2D eigenvalue weighted by Gasteiger charge is 2.95. The van der Waals surface area contributed by atoms with Crippen molar-refractivity contribution < 1.29 is 84.8 Å². The normalized spacial score (nSPS) is 15.8. The molecule has 3 nitrogen and oxygen atoms in total. The van der Waals surface area contributed by atoms with Crippen LogP contribution in [0.4, 0.5) is 70.2 Å². The van der Waals surface area contributed by atoms with Crippen LogP contribution >= 0.6 is 0 Å². The first-order chi connectivity index (χ1) is 14.3. The first kappa shape index (κ1) is 31.8. The Morgan fingerprint density at radius 2 is 0.879 bits per heavy atom. The summed E-state index contributed by atoms with van der Waals surface area (Å²) in [5, 5.41) is 7.55. The third-order valence-electron chi connectivity index (χ3n) is 3.87. The molecule has 0 bridgehead atoms. The topological polar surface area (TPSA) is 38.7 Å². The van der Waals surface area contributed by atoms with Crippen LogP contribution in [0.25, 0.3) is 0 Å². The molecule has 0 saturated carbocycles. The Morgan fingerprint density at radius 1 is 0.515 bits per heavy atom. The quantitative estimate of drug-likeness (QED) is 0.226. The second-order valence-electron chi connectivity index (χ2n) is 6.32. The molecule has 0 atom stereocenters. The van der Waals surface area contributed by atoms with E-state index in [9.17, 15) is 70.2 Å². The molecule has 0 aromatic rings. The zero-order valence-corrected chi connectivity index (χ0v) is 15.8. The average molecular weight is 534 g/mol. The van der Waals surface area contributed by atoms with E-state index in [-0.39, 0.29) is 13.0 Å². The molecule has 0 rings (SSSR count). The zero-order valence-electron chi connectivity index (χ0n) is 15.8. The Morgan fingerprint density at radius 3 is 1.24 bits per heavy atom. The van der Waals surface area contributed by atoms with E-state index in [1.54, 1.807) is 6.92 Å². The van der Waals surface area contributed by atoms with Crippen molar-refractivity contribution in [3.05, 3.63) is 0 Å². The predicted octanol–water partition coefficient (Wildman–Crippen LogP) is 5.81. The van der Waals surface area contributed by atoms with E-state index in [2.05, 4.69) is 9.47 Å². The summed E-state index contributed by atoms with van der Waals surface area (Å²) in [6, 6.07) is 0. The number of alkyl halides is 16. The van der Waals surface area contributed by atoms with Gasteiger partial charge in [0.1, 0.15) is 0 Å². The Bertz CT molecular complexity index is 643. The molecule has 0 saturated heterocycles. The SMILES string of the molecule is CCCCOCCOC(F)(F)C(F)(F)C(F)(F)C(F)(F)C(F)(F)C(F)(F)C(F)(F)C(O)(F)F. The molecule has 0 aliphatic rings. The molecular formula is C14H14F16O3. The van der Waals surface area contributed by atoms with Gasteiger partial charge in [-0.2, -0.15) is 70.2 Å². The number of hydrogen-bond acceptors (Lipinski definition) is 3. The number of hydrogen-bond donors (Lipinski definition) is 1. The van der Waals surface area contributed by atoms with Crippen molar-refractivity contribution in [2.75, 3.05) is 19.8 Å². The van der Waals surface area contributed by atoms with Gasteiger partial charge in [-0.1, -0.05) is 13.3 Å². The lowest BCUT2D eigenvalue weighted by atomic mass is 9.90. The number of unbranched alkanes of at least 4 members (excludes halogenated alkanes) is 1. The summed E-state index contributed by atoms with van der Waals surface area (Å²) in [6.07, 6.45) is -13.4. The summed E-state index contributed by atoms with van der Waals surface area (Å²) in [5.74, 6) is -49.6. The molecule has 33 heavy (non-hydrogen) atoms. The van der Waals surface area contributed by atoms with Gasteiger partial charge in [-0.05, 0) is 6.42 Å². The number of ether oxygens (including phenoxy) is 2. The molecule has 1 N–H and O–H groups in total. The Labute approximate surface area is 173 Å². The number of aliphatic hydroxyl groups is 1. The van der Waals surface area contributed by atoms with E-state index in [1.807, 2.05) is 0 Å². The maximum absolute atomic E-state index is 13.5. The second kappa shape index (κ2) is 9.43. The van der Waals surface area contributed by atoms with Crippen LogP contribution in [0.1, 0.15) is 19.8 Å².